The van der Waals surface area contributed by atoms with Crippen LogP contribution in [0.25, 0.3) is 0 Å². The molecule has 0 aromatic rings. The van der Waals surface area contributed by atoms with Crippen molar-refractivity contribution >= 4 is 46.4 Å². The largest absolute Gasteiger partial charge is 0.295 e. The first-order chi connectivity index (χ1) is 13.9. The van der Waals surface area contributed by atoms with E-state index in [9.17, 15) is 4.79 Å². The maximum absolute atomic E-state index is 13.5. The predicted molar refractivity (Wildman–Crippen MR) is 139 cm³/mol. The van der Waals surface area contributed by atoms with Crippen LogP contribution in [0.4, 0.5) is 0 Å². The Morgan fingerprint density at radius 2 is 1.76 bits per heavy atom. The number of rotatable bonds is 15. The zero-order valence-electron chi connectivity index (χ0n) is 19.5. The van der Waals surface area contributed by atoms with Crippen LogP contribution in [-0.4, -0.2) is 45.7 Å². The van der Waals surface area contributed by atoms with Crippen molar-refractivity contribution in [1.29, 1.82) is 0 Å². The van der Waals surface area contributed by atoms with Gasteiger partial charge < -0.3 is 0 Å². The van der Waals surface area contributed by atoms with Gasteiger partial charge in [0.2, 0.25) is 5.91 Å². The molecule has 172 valence electrons. The Kier molecular flexibility index (Phi) is 14.9. The Hall–Kier alpha value is 0.780. The number of hydrogen-bond donors (Lipinski definition) is 0. The second-order valence-electron chi connectivity index (χ2n) is 8.49. The molecule has 0 bridgehead atoms. The van der Waals surface area contributed by atoms with Gasteiger partial charge >= 0.3 is 0 Å². The molecule has 0 aliphatic heterocycles. The molecule has 0 N–H and O–H groups in total. The molecule has 0 saturated heterocycles. The van der Waals surface area contributed by atoms with Gasteiger partial charge in [-0.1, -0.05) is 77.6 Å². The van der Waals surface area contributed by atoms with Crippen molar-refractivity contribution in [3.63, 3.8) is 0 Å². The van der Waals surface area contributed by atoms with Crippen LogP contribution in [0.5, 0.6) is 0 Å². The number of nitrogens with zero attached hydrogens (tertiary/aromatic N) is 2. The first-order valence-corrected chi connectivity index (χ1v) is 17.3. The summed E-state index contributed by atoms with van der Waals surface area (Å²) in [5.74, 6) is 4.32. The van der Waals surface area contributed by atoms with Gasteiger partial charge in [-0.3, -0.25) is 9.46 Å². The Balaban J connectivity index is 2.90. The summed E-state index contributed by atoms with van der Waals surface area (Å²) >= 11 is 10.3. The van der Waals surface area contributed by atoms with E-state index in [4.69, 9.17) is 11.8 Å². The number of carbonyl (C=O) groups excluding carboxylic acids is 1. The number of carbonyl (C=O) groups is 1. The van der Waals surface area contributed by atoms with Crippen LogP contribution >= 0.6 is 28.7 Å². The molecule has 0 aromatic heterocycles. The van der Waals surface area contributed by atoms with Crippen molar-refractivity contribution in [2.24, 2.45) is 11.8 Å². The van der Waals surface area contributed by atoms with Crippen molar-refractivity contribution in [2.45, 2.75) is 92.4 Å². The fraction of sp³-hybridized carbons (Fsp3) is 0.955. The molecule has 7 heteroatoms. The Morgan fingerprint density at radius 1 is 1.07 bits per heavy atom. The Morgan fingerprint density at radius 3 is 2.31 bits per heavy atom. The molecule has 0 radical (unpaired) electrons. The lowest BCUT2D eigenvalue weighted by Crippen LogP contribution is -2.39. The molecule has 1 rings (SSSR count). The average Bonchev–Trinajstić information content (AvgIpc) is 2.72. The number of hydrogen-bond acceptors (Lipinski definition) is 4. The lowest BCUT2D eigenvalue weighted by Gasteiger charge is -2.43. The summed E-state index contributed by atoms with van der Waals surface area (Å²) in [7, 11) is 0. The highest BCUT2D eigenvalue weighted by Gasteiger charge is 2.38. The second-order valence-corrected chi connectivity index (χ2v) is 16.7. The summed E-state index contributed by atoms with van der Waals surface area (Å²) in [6.45, 7) is 12.8. The average molecular weight is 481 g/mol. The van der Waals surface area contributed by atoms with E-state index in [1.807, 2.05) is 23.1 Å². The Bertz CT molecular complexity index is 498. The third-order valence-electron chi connectivity index (χ3n) is 5.49. The van der Waals surface area contributed by atoms with E-state index in [2.05, 4.69) is 44.0 Å². The molecule has 1 amide bonds. The summed E-state index contributed by atoms with van der Waals surface area (Å²) in [6.07, 6.45) is 11.0. The summed E-state index contributed by atoms with van der Waals surface area (Å²) < 4.78 is 4.62. The maximum Gasteiger partial charge on any atom is 0.230 e. The molecule has 1 saturated carbocycles. The van der Waals surface area contributed by atoms with Crippen LogP contribution in [-0.2, 0) is 16.6 Å². The number of unbranched alkanes of at least 4 members (excludes halogenated alkanes) is 3. The molecule has 0 spiro atoms. The van der Waals surface area contributed by atoms with Gasteiger partial charge in [0.15, 0.2) is 5.54 Å². The molecule has 1 fully saturated rings. The fourth-order valence-electron chi connectivity index (χ4n) is 3.71. The summed E-state index contributed by atoms with van der Waals surface area (Å²) in [6, 6.07) is 0. The number of thioether (sulfide) groups is 1. The van der Waals surface area contributed by atoms with Crippen LogP contribution < -0.4 is 0 Å². The van der Waals surface area contributed by atoms with Gasteiger partial charge in [0.05, 0.1) is 5.88 Å². The van der Waals surface area contributed by atoms with Crippen molar-refractivity contribution in [3.05, 3.63) is 0 Å². The summed E-state index contributed by atoms with van der Waals surface area (Å²) in [4.78, 5) is 13.5. The fourth-order valence-corrected chi connectivity index (χ4v) is 13.4. The van der Waals surface area contributed by atoms with Crippen LogP contribution in [0.2, 0.25) is 0 Å². The smallest absolute Gasteiger partial charge is 0.230 e. The highest BCUT2D eigenvalue weighted by atomic mass is 32.9. The van der Waals surface area contributed by atoms with E-state index < -0.39 is 5.54 Å². The molecule has 1 aliphatic carbocycles. The van der Waals surface area contributed by atoms with Gasteiger partial charge in [-0.2, -0.15) is 0 Å². The summed E-state index contributed by atoms with van der Waals surface area (Å²) in [5, 5.41) is 0. The van der Waals surface area contributed by atoms with Crippen LogP contribution in [0.3, 0.4) is 0 Å². The molecular weight excluding hydrogens is 435 g/mol. The van der Waals surface area contributed by atoms with Gasteiger partial charge in [-0.05, 0) is 49.7 Å². The van der Waals surface area contributed by atoms with Gasteiger partial charge in [0.25, 0.3) is 0 Å². The van der Waals surface area contributed by atoms with Crippen molar-refractivity contribution < 1.29 is 4.79 Å². The van der Waals surface area contributed by atoms with Crippen molar-refractivity contribution in [2.75, 3.05) is 30.5 Å². The Labute approximate surface area is 194 Å². The minimum atomic E-state index is -2.13. The van der Waals surface area contributed by atoms with Crippen LogP contribution in [0.1, 0.15) is 92.4 Å². The van der Waals surface area contributed by atoms with Gasteiger partial charge in [0.1, 0.15) is 0 Å². The maximum atomic E-state index is 13.5. The minimum Gasteiger partial charge on any atom is -0.295 e. The molecular formula is C22H45N2OPS3. The highest BCUT2D eigenvalue weighted by Crippen LogP contribution is 2.65. The molecule has 0 aromatic carbocycles. The monoisotopic (exact) mass is 480 g/mol. The topological polar surface area (TPSA) is 23.6 Å². The zero-order valence-corrected chi connectivity index (χ0v) is 22.9. The molecule has 1 aliphatic rings. The van der Waals surface area contributed by atoms with E-state index in [0.29, 0.717) is 11.8 Å². The number of amides is 1. The standard InChI is InChI=1S/C22H45N2OPS3/c1-6-9-10-14-17-28-19-23(7-2)26(27,29-18-20(4)5)24(8-3)22(25)21-15-12-11-13-16-21/h20-21H,6-19H2,1-5H3. The molecule has 3 nitrogen and oxygen atoms in total. The zero-order chi connectivity index (χ0) is 21.7. The van der Waals surface area contributed by atoms with E-state index in [0.717, 1.165) is 37.6 Å². The lowest BCUT2D eigenvalue weighted by atomic mass is 9.89. The summed E-state index contributed by atoms with van der Waals surface area (Å²) in [5.41, 5.74) is -2.13. The first-order valence-electron chi connectivity index (χ1n) is 11.8. The van der Waals surface area contributed by atoms with E-state index in [1.54, 1.807) is 0 Å². The van der Waals surface area contributed by atoms with Crippen LogP contribution in [0, 0.1) is 11.8 Å². The first kappa shape index (κ1) is 27.8. The second kappa shape index (κ2) is 15.6. The third-order valence-corrected chi connectivity index (χ3v) is 15.1. The molecule has 29 heavy (non-hydrogen) atoms. The SMILES string of the molecule is CCCCCCSCN(CC)P(=S)(SCC(C)C)N(CC)C(=O)C1CCCCC1. The molecule has 1 atom stereocenters. The molecule has 0 heterocycles. The van der Waals surface area contributed by atoms with E-state index in [1.165, 1.54) is 50.7 Å². The van der Waals surface area contributed by atoms with Gasteiger partial charge in [0, 0.05) is 24.8 Å². The lowest BCUT2D eigenvalue weighted by molar-refractivity contribution is -0.131. The predicted octanol–water partition coefficient (Wildman–Crippen LogP) is 7.62. The van der Waals surface area contributed by atoms with Crippen molar-refractivity contribution in [1.82, 2.24) is 9.34 Å². The van der Waals surface area contributed by atoms with Crippen LogP contribution in [0.15, 0.2) is 0 Å². The van der Waals surface area contributed by atoms with E-state index in [-0.39, 0.29) is 5.92 Å². The minimum absolute atomic E-state index is 0.200. The normalized spacial score (nSPS) is 17.6. The van der Waals surface area contributed by atoms with Gasteiger partial charge in [-0.15, -0.1) is 11.8 Å². The highest BCUT2D eigenvalue weighted by molar-refractivity contribution is 8.69. The quantitative estimate of drug-likeness (QED) is 0.136. The van der Waals surface area contributed by atoms with Gasteiger partial charge in [-0.25, -0.2) is 4.67 Å². The van der Waals surface area contributed by atoms with E-state index >= 15 is 0 Å². The molecule has 1 unspecified atom stereocenters. The van der Waals surface area contributed by atoms with Crippen molar-refractivity contribution in [3.8, 4) is 0 Å². The third kappa shape index (κ3) is 9.43.